The highest BCUT2D eigenvalue weighted by molar-refractivity contribution is 5.81. The molecule has 7 heteroatoms. The molecule has 1 N–H and O–H groups in total. The first-order valence-corrected chi connectivity index (χ1v) is 15.0. The first-order chi connectivity index (χ1) is 20.0. The van der Waals surface area contributed by atoms with Gasteiger partial charge in [-0.15, -0.1) is 0 Å². The molecule has 2 fully saturated rings. The van der Waals surface area contributed by atoms with Gasteiger partial charge in [-0.05, 0) is 99.4 Å². The van der Waals surface area contributed by atoms with Gasteiger partial charge >= 0.3 is 0 Å². The third-order valence-electron chi connectivity index (χ3n) is 8.24. The Balaban J connectivity index is 1.32. The van der Waals surface area contributed by atoms with Gasteiger partial charge in [0.25, 0.3) is 0 Å². The second kappa shape index (κ2) is 13.4. The van der Waals surface area contributed by atoms with Gasteiger partial charge in [0, 0.05) is 31.3 Å². The van der Waals surface area contributed by atoms with Crippen molar-refractivity contribution in [1.29, 1.82) is 0 Å². The van der Waals surface area contributed by atoms with Crippen molar-refractivity contribution in [3.8, 4) is 17.5 Å². The second-order valence-electron chi connectivity index (χ2n) is 11.1. The highest BCUT2D eigenvalue weighted by atomic mass is 16.5. The van der Waals surface area contributed by atoms with Crippen LogP contribution in [0.25, 0.3) is 0 Å². The predicted molar refractivity (Wildman–Crippen MR) is 161 cm³/mol. The molecule has 5 rings (SSSR count). The van der Waals surface area contributed by atoms with Gasteiger partial charge in [0.15, 0.2) is 0 Å². The van der Waals surface area contributed by atoms with Crippen LogP contribution in [0.2, 0.25) is 0 Å². The Kier molecular flexibility index (Phi) is 9.45. The molecule has 3 aromatic rings. The maximum Gasteiger partial charge on any atom is 0.228 e. The van der Waals surface area contributed by atoms with Gasteiger partial charge in [-0.3, -0.25) is 4.79 Å². The number of benzene rings is 2. The molecule has 1 saturated heterocycles. The lowest BCUT2D eigenvalue weighted by atomic mass is 9.80. The molecular formula is C34H43N3O4. The van der Waals surface area contributed by atoms with E-state index in [1.54, 1.807) is 0 Å². The highest BCUT2D eigenvalue weighted by Gasteiger charge is 2.40. The number of pyridine rings is 1. The molecule has 0 spiro atoms. The standard InChI is InChI=1S/C34H43N3O4/c1-5-39-32-17-25(18-33(36-32)40-6-2)22-41-29-12-8-10-26(19-29)30-15-16-35-20-31(30)34(38)37(28-13-14-28)21-27-11-7-9-23(3)24(27)4/h7-12,17-19,28,30-31,35H,5-6,13-16,20-22H2,1-4H3/t30-,31+/m1/s1. The minimum absolute atomic E-state index is 0.104. The van der Waals surface area contributed by atoms with Crippen LogP contribution in [0.5, 0.6) is 17.5 Å². The molecule has 2 aliphatic rings. The summed E-state index contributed by atoms with van der Waals surface area (Å²) in [4.78, 5) is 20.7. The molecule has 1 aliphatic carbocycles. The summed E-state index contributed by atoms with van der Waals surface area (Å²) in [5.41, 5.74) is 5.89. The molecule has 1 aromatic heterocycles. The zero-order chi connectivity index (χ0) is 28.8. The Morgan fingerprint density at radius 2 is 1.68 bits per heavy atom. The van der Waals surface area contributed by atoms with Crippen LogP contribution < -0.4 is 19.5 Å². The van der Waals surface area contributed by atoms with Crippen LogP contribution in [0.15, 0.2) is 54.6 Å². The van der Waals surface area contributed by atoms with Crippen molar-refractivity contribution >= 4 is 5.91 Å². The lowest BCUT2D eigenvalue weighted by Gasteiger charge is -2.36. The number of aryl methyl sites for hydroxylation is 1. The fourth-order valence-electron chi connectivity index (χ4n) is 5.73. The van der Waals surface area contributed by atoms with E-state index in [4.69, 9.17) is 14.2 Å². The molecule has 0 unspecified atom stereocenters. The Labute approximate surface area is 244 Å². The molecule has 2 aromatic carbocycles. The van der Waals surface area contributed by atoms with Crippen molar-refractivity contribution < 1.29 is 19.0 Å². The van der Waals surface area contributed by atoms with Crippen LogP contribution in [0.4, 0.5) is 0 Å². The van der Waals surface area contributed by atoms with Gasteiger partial charge in [0.05, 0.1) is 19.1 Å². The molecule has 1 amide bonds. The minimum Gasteiger partial charge on any atom is -0.489 e. The van der Waals surface area contributed by atoms with Crippen molar-refractivity contribution in [2.45, 2.75) is 72.1 Å². The lowest BCUT2D eigenvalue weighted by molar-refractivity contribution is -0.138. The largest absolute Gasteiger partial charge is 0.489 e. The fourth-order valence-corrected chi connectivity index (χ4v) is 5.73. The van der Waals surface area contributed by atoms with Crippen molar-refractivity contribution in [3.63, 3.8) is 0 Å². The molecule has 2 heterocycles. The third kappa shape index (κ3) is 7.20. The number of carbonyl (C=O) groups is 1. The van der Waals surface area contributed by atoms with E-state index in [1.807, 2.05) is 38.1 Å². The smallest absolute Gasteiger partial charge is 0.228 e. The maximum atomic E-state index is 14.2. The van der Waals surface area contributed by atoms with E-state index in [2.05, 4.69) is 59.4 Å². The summed E-state index contributed by atoms with van der Waals surface area (Å²) in [6.07, 6.45) is 3.10. The van der Waals surface area contributed by atoms with E-state index < -0.39 is 0 Å². The number of nitrogens with one attached hydrogen (secondary N) is 1. The summed E-state index contributed by atoms with van der Waals surface area (Å²) >= 11 is 0. The quantitative estimate of drug-likeness (QED) is 0.296. The number of piperidine rings is 1. The Morgan fingerprint density at radius 3 is 2.39 bits per heavy atom. The summed E-state index contributed by atoms with van der Waals surface area (Å²) in [5.74, 6) is 2.15. The summed E-state index contributed by atoms with van der Waals surface area (Å²) in [7, 11) is 0. The SMILES string of the molecule is CCOc1cc(COc2cccc([C@H]3CCNC[C@@H]3C(=O)N(Cc3cccc(C)c3C)C3CC3)c2)cc(OCC)n1. The van der Waals surface area contributed by atoms with Crippen LogP contribution in [0.3, 0.4) is 0 Å². The molecule has 0 radical (unpaired) electrons. The summed E-state index contributed by atoms with van der Waals surface area (Å²) in [6, 6.07) is 18.8. The Morgan fingerprint density at radius 1 is 0.951 bits per heavy atom. The van der Waals surface area contributed by atoms with Crippen molar-refractivity contribution in [2.24, 2.45) is 5.92 Å². The van der Waals surface area contributed by atoms with E-state index in [0.29, 0.717) is 50.7 Å². The minimum atomic E-state index is -0.104. The third-order valence-corrected chi connectivity index (χ3v) is 8.24. The molecule has 0 bridgehead atoms. The Bertz CT molecular complexity index is 1320. The molecular weight excluding hydrogens is 514 g/mol. The van der Waals surface area contributed by atoms with Gasteiger partial charge in [-0.2, -0.15) is 4.98 Å². The second-order valence-corrected chi connectivity index (χ2v) is 11.1. The maximum absolute atomic E-state index is 14.2. The van der Waals surface area contributed by atoms with Crippen LogP contribution in [0, 0.1) is 19.8 Å². The monoisotopic (exact) mass is 557 g/mol. The first kappa shape index (κ1) is 28.9. The van der Waals surface area contributed by atoms with Gasteiger partial charge in [-0.1, -0.05) is 30.3 Å². The summed E-state index contributed by atoms with van der Waals surface area (Å²) in [6.45, 7) is 11.9. The van der Waals surface area contributed by atoms with Gasteiger partial charge in [0.1, 0.15) is 12.4 Å². The van der Waals surface area contributed by atoms with E-state index in [-0.39, 0.29) is 17.7 Å². The van der Waals surface area contributed by atoms with Crippen LogP contribution in [-0.4, -0.2) is 48.1 Å². The number of carbonyl (C=O) groups excluding carboxylic acids is 1. The predicted octanol–water partition coefficient (Wildman–Crippen LogP) is 5.96. The van der Waals surface area contributed by atoms with Crippen LogP contribution in [0.1, 0.15) is 66.8 Å². The van der Waals surface area contributed by atoms with Crippen molar-refractivity contribution in [2.75, 3.05) is 26.3 Å². The van der Waals surface area contributed by atoms with Crippen LogP contribution >= 0.6 is 0 Å². The molecule has 7 nitrogen and oxygen atoms in total. The van der Waals surface area contributed by atoms with Crippen molar-refractivity contribution in [3.05, 3.63) is 82.4 Å². The summed E-state index contributed by atoms with van der Waals surface area (Å²) in [5, 5.41) is 3.50. The zero-order valence-corrected chi connectivity index (χ0v) is 24.8. The molecule has 218 valence electrons. The molecule has 1 saturated carbocycles. The molecule has 41 heavy (non-hydrogen) atoms. The van der Waals surface area contributed by atoms with E-state index >= 15 is 0 Å². The van der Waals surface area contributed by atoms with Gasteiger partial charge in [0.2, 0.25) is 17.7 Å². The number of aromatic nitrogens is 1. The topological polar surface area (TPSA) is 72.9 Å². The molecule has 1 aliphatic heterocycles. The number of amides is 1. The average Bonchev–Trinajstić information content (AvgIpc) is 3.82. The van der Waals surface area contributed by atoms with Crippen LogP contribution in [-0.2, 0) is 17.9 Å². The zero-order valence-electron chi connectivity index (χ0n) is 24.8. The number of ether oxygens (including phenoxy) is 3. The van der Waals surface area contributed by atoms with Gasteiger partial charge < -0.3 is 24.4 Å². The number of hydrogen-bond donors (Lipinski definition) is 1. The van der Waals surface area contributed by atoms with E-state index in [1.165, 1.54) is 16.7 Å². The van der Waals surface area contributed by atoms with E-state index in [0.717, 1.165) is 42.7 Å². The normalized spacial score (nSPS) is 18.5. The molecule has 2 atom stereocenters. The average molecular weight is 558 g/mol. The lowest BCUT2D eigenvalue weighted by Crippen LogP contribution is -2.47. The number of hydrogen-bond acceptors (Lipinski definition) is 6. The first-order valence-electron chi connectivity index (χ1n) is 15.0. The fraction of sp³-hybridized carbons (Fsp3) is 0.471. The number of rotatable bonds is 12. The summed E-state index contributed by atoms with van der Waals surface area (Å²) < 4.78 is 17.5. The van der Waals surface area contributed by atoms with Crippen molar-refractivity contribution in [1.82, 2.24) is 15.2 Å². The highest BCUT2D eigenvalue weighted by Crippen LogP contribution is 2.37. The number of nitrogens with zero attached hydrogens (tertiary/aromatic N) is 2. The van der Waals surface area contributed by atoms with Gasteiger partial charge in [-0.25, -0.2) is 0 Å². The van der Waals surface area contributed by atoms with E-state index in [9.17, 15) is 4.79 Å². The Hall–Kier alpha value is -3.58.